The van der Waals surface area contributed by atoms with Gasteiger partial charge in [0.05, 0.1) is 0 Å². The molecule has 7 heteroatoms. The zero-order valence-electron chi connectivity index (χ0n) is 21.6. The summed E-state index contributed by atoms with van der Waals surface area (Å²) >= 11 is 0.0699. The molecule has 1 aromatic heterocycles. The van der Waals surface area contributed by atoms with Crippen molar-refractivity contribution < 1.29 is 14.3 Å². The van der Waals surface area contributed by atoms with E-state index in [0.29, 0.717) is 13.0 Å². The molecule has 3 aliphatic rings. The van der Waals surface area contributed by atoms with E-state index in [2.05, 4.69) is 65.2 Å². The third kappa shape index (κ3) is 4.04. The van der Waals surface area contributed by atoms with Crippen LogP contribution in [-0.2, 0) is 16.6 Å². The topological polar surface area (TPSA) is 54.8 Å². The Balaban J connectivity index is 1.50. The number of ether oxygens (including phenoxy) is 1. The first-order valence-corrected chi connectivity index (χ1v) is 14.9. The molecule has 192 valence electrons. The van der Waals surface area contributed by atoms with Crippen LogP contribution < -0.4 is 4.46 Å². The van der Waals surface area contributed by atoms with E-state index >= 15 is 0 Å². The standard InChI is InChI=1S/C30H33N3O3Se/c1-31-17-23(30(35)33-15-9-10-19(33)18-36-3)22-16-25(34)27-26(21-13-7-8-14-24(21)32(27)2)28(31)29(22)37-20-11-5-4-6-12-20/h4-8,11-14,17,19,22,28-29H,9-10,15-16,18H2,1-3H3/t19-,22-,28+,29?/m0/s1. The average molecular weight is 563 g/mol. The first-order valence-electron chi connectivity index (χ1n) is 13.1. The number of fused-ring (bicyclic) bond motifs is 6. The van der Waals surface area contributed by atoms with Gasteiger partial charge in [0.15, 0.2) is 0 Å². The number of carbonyl (C=O) groups is 2. The Hall–Kier alpha value is -2.86. The fraction of sp³-hybridized carbons (Fsp3) is 0.400. The summed E-state index contributed by atoms with van der Waals surface area (Å²) in [4.78, 5) is 32.5. The summed E-state index contributed by atoms with van der Waals surface area (Å²) in [7, 11) is 5.79. The van der Waals surface area contributed by atoms with E-state index in [-0.39, 0.29) is 49.5 Å². The first kappa shape index (κ1) is 24.5. The van der Waals surface area contributed by atoms with Gasteiger partial charge in [-0.2, -0.15) is 0 Å². The van der Waals surface area contributed by atoms with Gasteiger partial charge in [0, 0.05) is 0 Å². The number of aromatic nitrogens is 1. The van der Waals surface area contributed by atoms with Crippen molar-refractivity contribution >= 4 is 42.0 Å². The third-order valence-electron chi connectivity index (χ3n) is 8.26. The number of para-hydroxylation sites is 1. The average Bonchev–Trinajstić information content (AvgIpc) is 3.46. The molecule has 1 unspecified atom stereocenters. The zero-order chi connectivity index (χ0) is 25.7. The molecular formula is C30H33N3O3Se. The van der Waals surface area contributed by atoms with Gasteiger partial charge in [-0.15, -0.1) is 0 Å². The number of rotatable bonds is 5. The summed E-state index contributed by atoms with van der Waals surface area (Å²) in [5, 5.41) is 1.14. The van der Waals surface area contributed by atoms with Crippen LogP contribution in [0.1, 0.15) is 41.4 Å². The van der Waals surface area contributed by atoms with Gasteiger partial charge in [-0.05, 0) is 0 Å². The molecule has 6 rings (SSSR count). The van der Waals surface area contributed by atoms with Crippen LogP contribution in [0, 0.1) is 5.92 Å². The first-order chi connectivity index (χ1) is 18.0. The van der Waals surface area contributed by atoms with E-state index in [1.807, 2.05) is 24.1 Å². The maximum absolute atomic E-state index is 14.1. The van der Waals surface area contributed by atoms with Crippen molar-refractivity contribution in [3.63, 3.8) is 0 Å². The summed E-state index contributed by atoms with van der Waals surface area (Å²) in [6, 6.07) is 19.1. The Labute approximate surface area is 224 Å². The van der Waals surface area contributed by atoms with Gasteiger partial charge in [0.2, 0.25) is 0 Å². The van der Waals surface area contributed by atoms with Crippen molar-refractivity contribution in [2.75, 3.05) is 27.3 Å². The van der Waals surface area contributed by atoms with E-state index in [1.165, 1.54) is 4.46 Å². The molecule has 2 aromatic carbocycles. The van der Waals surface area contributed by atoms with Crippen LogP contribution in [0.2, 0.25) is 4.82 Å². The number of carbonyl (C=O) groups excluding carboxylic acids is 2. The minimum absolute atomic E-state index is 0.0302. The predicted molar refractivity (Wildman–Crippen MR) is 146 cm³/mol. The normalized spacial score (nSPS) is 25.3. The number of methoxy groups -OCH3 is 1. The predicted octanol–water partition coefficient (Wildman–Crippen LogP) is 3.71. The fourth-order valence-electron chi connectivity index (χ4n) is 6.62. The Bertz CT molecular complexity index is 1380. The summed E-state index contributed by atoms with van der Waals surface area (Å²) in [5.74, 6) is 0.0996. The molecule has 0 spiro atoms. The quantitative estimate of drug-likeness (QED) is 0.445. The number of hydrogen-bond donors (Lipinski definition) is 0. The summed E-state index contributed by atoms with van der Waals surface area (Å²) in [6.45, 7) is 1.30. The Morgan fingerprint density at radius 3 is 2.62 bits per heavy atom. The molecule has 0 saturated carbocycles. The molecule has 1 amide bonds. The molecule has 0 N–H and O–H groups in total. The van der Waals surface area contributed by atoms with Crippen molar-refractivity contribution in [2.45, 2.75) is 36.2 Å². The monoisotopic (exact) mass is 563 g/mol. The van der Waals surface area contributed by atoms with Gasteiger partial charge in [-0.1, -0.05) is 0 Å². The molecule has 2 bridgehead atoms. The second-order valence-corrected chi connectivity index (χ2v) is 13.0. The van der Waals surface area contributed by atoms with E-state index in [0.717, 1.165) is 47.1 Å². The van der Waals surface area contributed by atoms with Crippen molar-refractivity contribution in [1.82, 2.24) is 14.4 Å². The number of hydrogen-bond acceptors (Lipinski definition) is 4. The van der Waals surface area contributed by atoms with Crippen molar-refractivity contribution in [3.05, 3.63) is 77.6 Å². The van der Waals surface area contributed by atoms with Gasteiger partial charge in [-0.25, -0.2) is 0 Å². The van der Waals surface area contributed by atoms with E-state index in [9.17, 15) is 9.59 Å². The third-order valence-corrected chi connectivity index (χ3v) is 11.2. The Morgan fingerprint density at radius 1 is 1.08 bits per heavy atom. The molecule has 37 heavy (non-hydrogen) atoms. The van der Waals surface area contributed by atoms with Gasteiger partial charge in [-0.3, -0.25) is 0 Å². The summed E-state index contributed by atoms with van der Waals surface area (Å²) < 4.78 is 8.81. The molecule has 4 atom stereocenters. The number of aryl methyl sites for hydroxylation is 1. The molecule has 2 aliphatic heterocycles. The minimum atomic E-state index is -0.114. The number of ketones is 1. The van der Waals surface area contributed by atoms with Crippen LogP contribution in [-0.4, -0.2) is 74.4 Å². The fourth-order valence-corrected chi connectivity index (χ4v) is 9.76. The number of Topliss-reactive ketones (excluding diaryl/α,β-unsaturated/α-hetero) is 1. The van der Waals surface area contributed by atoms with Crippen LogP contribution in [0.5, 0.6) is 0 Å². The van der Waals surface area contributed by atoms with Crippen LogP contribution in [0.3, 0.4) is 0 Å². The SMILES string of the molecule is COC[C@@H]1CCCN1C(=O)C1=CN(C)[C@@H]2c3c(n(C)c4ccccc34)C(=O)C[C@@H]1C2[Se]c1ccccc1. The van der Waals surface area contributed by atoms with Gasteiger partial charge in [0.25, 0.3) is 0 Å². The summed E-state index contributed by atoms with van der Waals surface area (Å²) in [5.41, 5.74) is 3.80. The van der Waals surface area contributed by atoms with Crippen molar-refractivity contribution in [2.24, 2.45) is 13.0 Å². The maximum atomic E-state index is 14.1. The van der Waals surface area contributed by atoms with Crippen LogP contribution in [0.4, 0.5) is 0 Å². The summed E-state index contributed by atoms with van der Waals surface area (Å²) in [6.07, 6.45) is 4.37. The Kier molecular flexibility index (Phi) is 6.47. The Morgan fingerprint density at radius 2 is 1.84 bits per heavy atom. The van der Waals surface area contributed by atoms with Crippen LogP contribution in [0.15, 0.2) is 66.4 Å². The van der Waals surface area contributed by atoms with E-state index in [1.54, 1.807) is 7.11 Å². The van der Waals surface area contributed by atoms with Gasteiger partial charge >= 0.3 is 225 Å². The molecule has 1 aliphatic carbocycles. The van der Waals surface area contributed by atoms with Crippen LogP contribution in [0.25, 0.3) is 10.9 Å². The molecule has 3 aromatic rings. The number of likely N-dealkylation sites (tertiary alicyclic amines) is 1. The molecule has 0 radical (unpaired) electrons. The van der Waals surface area contributed by atoms with Gasteiger partial charge < -0.3 is 0 Å². The molecular weight excluding hydrogens is 529 g/mol. The molecule has 1 fully saturated rings. The molecule has 6 nitrogen and oxygen atoms in total. The van der Waals surface area contributed by atoms with Crippen molar-refractivity contribution in [3.8, 4) is 0 Å². The molecule has 3 heterocycles. The van der Waals surface area contributed by atoms with Crippen molar-refractivity contribution in [1.29, 1.82) is 0 Å². The zero-order valence-corrected chi connectivity index (χ0v) is 23.3. The number of amides is 1. The second-order valence-electron chi connectivity index (χ2n) is 10.4. The molecule has 1 saturated heterocycles. The van der Waals surface area contributed by atoms with Crippen LogP contribution >= 0.6 is 0 Å². The van der Waals surface area contributed by atoms with E-state index in [4.69, 9.17) is 4.74 Å². The van der Waals surface area contributed by atoms with Gasteiger partial charge in [0.1, 0.15) is 0 Å². The van der Waals surface area contributed by atoms with E-state index < -0.39 is 0 Å². The number of benzene rings is 2. The second kappa shape index (κ2) is 9.79. The number of nitrogens with zero attached hydrogens (tertiary/aromatic N) is 3.